The highest BCUT2D eigenvalue weighted by Crippen LogP contribution is 2.36. The molecule has 2 aromatic heterocycles. The van der Waals surface area contributed by atoms with Crippen molar-refractivity contribution in [3.8, 4) is 0 Å². The van der Waals surface area contributed by atoms with Gasteiger partial charge >= 0.3 is 5.97 Å². The number of fused-ring (bicyclic) bond motifs is 1. The molecule has 1 aromatic carbocycles. The summed E-state index contributed by atoms with van der Waals surface area (Å²) in [6.45, 7) is 7.33. The van der Waals surface area contributed by atoms with Gasteiger partial charge in [-0.3, -0.25) is 10.0 Å². The first-order valence-electron chi connectivity index (χ1n) is 12.8. The molecule has 3 aromatic rings. The molecule has 39 heavy (non-hydrogen) atoms. The molecule has 0 aliphatic carbocycles. The number of thiazole rings is 1. The third-order valence-corrected chi connectivity index (χ3v) is 8.99. The summed E-state index contributed by atoms with van der Waals surface area (Å²) in [5.74, 6) is 1.03. The van der Waals surface area contributed by atoms with E-state index in [2.05, 4.69) is 24.8 Å². The number of hydrogen-bond donors (Lipinski definition) is 3. The number of nitrogens with one attached hydrogen (secondary N) is 2. The number of hydrogen-bond acceptors (Lipinski definition) is 11. The Bertz CT molecular complexity index is 1450. The van der Waals surface area contributed by atoms with Crippen LogP contribution in [-0.2, 0) is 27.7 Å². The Morgan fingerprint density at radius 2 is 1.82 bits per heavy atom. The van der Waals surface area contributed by atoms with Gasteiger partial charge in [-0.1, -0.05) is 23.5 Å². The zero-order valence-electron chi connectivity index (χ0n) is 21.8. The van der Waals surface area contributed by atoms with Crippen LogP contribution in [0.3, 0.4) is 0 Å². The number of aryl methyl sites for hydroxylation is 1. The van der Waals surface area contributed by atoms with Crippen LogP contribution in [0.2, 0.25) is 0 Å². The zero-order chi connectivity index (χ0) is 27.6. The molecule has 208 valence electrons. The maximum atomic E-state index is 11.9. The van der Waals surface area contributed by atoms with Gasteiger partial charge in [-0.25, -0.2) is 18.2 Å². The van der Waals surface area contributed by atoms with Crippen LogP contribution < -0.4 is 19.8 Å². The third kappa shape index (κ3) is 6.23. The van der Waals surface area contributed by atoms with Crippen molar-refractivity contribution in [1.82, 2.24) is 15.0 Å². The molecular weight excluding hydrogens is 542 g/mol. The van der Waals surface area contributed by atoms with Crippen LogP contribution in [0.1, 0.15) is 39.8 Å². The highest BCUT2D eigenvalue weighted by molar-refractivity contribution is 7.92. The average Bonchev–Trinajstić information content (AvgIpc) is 3.30. The second kappa shape index (κ2) is 11.3. The summed E-state index contributed by atoms with van der Waals surface area (Å²) < 4.78 is 31.9. The van der Waals surface area contributed by atoms with E-state index in [0.29, 0.717) is 42.2 Å². The summed E-state index contributed by atoms with van der Waals surface area (Å²) in [7, 11) is -3.34. The molecule has 0 atom stereocenters. The van der Waals surface area contributed by atoms with E-state index < -0.39 is 16.0 Å². The summed E-state index contributed by atoms with van der Waals surface area (Å²) in [5.41, 5.74) is 3.06. The molecule has 0 radical (unpaired) electrons. The van der Waals surface area contributed by atoms with Crippen LogP contribution in [0.15, 0.2) is 24.3 Å². The van der Waals surface area contributed by atoms with E-state index in [9.17, 15) is 18.3 Å². The van der Waals surface area contributed by atoms with Crippen molar-refractivity contribution in [3.05, 3.63) is 46.0 Å². The quantitative estimate of drug-likeness (QED) is 0.346. The Balaban J connectivity index is 1.45. The van der Waals surface area contributed by atoms with Crippen LogP contribution in [0.5, 0.6) is 0 Å². The highest BCUT2D eigenvalue weighted by atomic mass is 32.2. The molecule has 0 amide bonds. The lowest BCUT2D eigenvalue weighted by Crippen LogP contribution is -2.39. The lowest BCUT2D eigenvalue weighted by atomic mass is 10.0. The third-order valence-electron chi connectivity index (χ3n) is 6.62. The van der Waals surface area contributed by atoms with E-state index in [-0.39, 0.29) is 10.6 Å². The van der Waals surface area contributed by atoms with Gasteiger partial charge in [0.25, 0.3) is 0 Å². The number of ether oxygens (including phenoxy) is 1. The van der Waals surface area contributed by atoms with E-state index in [1.165, 1.54) is 0 Å². The van der Waals surface area contributed by atoms with Gasteiger partial charge in [0.15, 0.2) is 5.13 Å². The molecule has 14 heteroatoms. The van der Waals surface area contributed by atoms with Gasteiger partial charge in [-0.2, -0.15) is 9.97 Å². The first-order valence-corrected chi connectivity index (χ1v) is 15.2. The van der Waals surface area contributed by atoms with Crippen LogP contribution >= 0.6 is 11.3 Å². The molecule has 1 fully saturated rings. The molecular formula is C25H31N7O5S2. The largest absolute Gasteiger partial charge is 0.477 e. The van der Waals surface area contributed by atoms with Crippen molar-refractivity contribution >= 4 is 55.7 Å². The fourth-order valence-electron chi connectivity index (χ4n) is 4.64. The molecule has 2 aliphatic rings. The molecule has 2 aliphatic heterocycles. The Hall–Kier alpha value is -3.49. The SMILES string of the molecule is CCS(=O)(=O)Nc1ccc(CN2CCCc3c(N4CCOCC4)nc(Nc4nc(C)c(C(=O)O)s4)nc32)cc1. The van der Waals surface area contributed by atoms with Crippen LogP contribution in [0.4, 0.5) is 28.4 Å². The van der Waals surface area contributed by atoms with Crippen molar-refractivity contribution in [3.63, 3.8) is 0 Å². The van der Waals surface area contributed by atoms with Crippen molar-refractivity contribution in [2.45, 2.75) is 33.2 Å². The maximum absolute atomic E-state index is 11.9. The van der Waals surface area contributed by atoms with Crippen molar-refractivity contribution in [1.29, 1.82) is 0 Å². The van der Waals surface area contributed by atoms with Gasteiger partial charge in [0.2, 0.25) is 16.0 Å². The van der Waals surface area contributed by atoms with Crippen molar-refractivity contribution < 1.29 is 23.1 Å². The number of nitrogens with zero attached hydrogens (tertiary/aromatic N) is 5. The topological polar surface area (TPSA) is 150 Å². The smallest absolute Gasteiger partial charge is 0.347 e. The first kappa shape index (κ1) is 27.1. The molecule has 4 heterocycles. The molecule has 12 nitrogen and oxygen atoms in total. The van der Waals surface area contributed by atoms with E-state index in [1.807, 2.05) is 12.1 Å². The Morgan fingerprint density at radius 1 is 1.10 bits per heavy atom. The van der Waals surface area contributed by atoms with Gasteiger partial charge in [0.05, 0.1) is 24.7 Å². The zero-order valence-corrected chi connectivity index (χ0v) is 23.4. The minimum atomic E-state index is -3.34. The second-order valence-corrected chi connectivity index (χ2v) is 12.4. The van der Waals surface area contributed by atoms with E-state index >= 15 is 0 Å². The number of aromatic carboxylic acids is 1. The summed E-state index contributed by atoms with van der Waals surface area (Å²) in [5, 5.41) is 13.0. The normalized spacial score (nSPS) is 15.6. The minimum absolute atomic E-state index is 0.0129. The molecule has 0 unspecified atom stereocenters. The second-order valence-electron chi connectivity index (χ2n) is 9.36. The number of rotatable bonds is 9. The maximum Gasteiger partial charge on any atom is 0.347 e. The number of anilines is 5. The monoisotopic (exact) mass is 573 g/mol. The van der Waals surface area contributed by atoms with Gasteiger partial charge in [0.1, 0.15) is 16.5 Å². The lowest BCUT2D eigenvalue weighted by Gasteiger charge is -2.35. The van der Waals surface area contributed by atoms with Crippen molar-refractivity contribution in [2.24, 2.45) is 0 Å². The van der Waals surface area contributed by atoms with Crippen molar-refractivity contribution in [2.75, 3.05) is 58.4 Å². The van der Waals surface area contributed by atoms with E-state index in [4.69, 9.17) is 14.7 Å². The summed E-state index contributed by atoms with van der Waals surface area (Å²) in [4.78, 5) is 30.2. The summed E-state index contributed by atoms with van der Waals surface area (Å²) in [6, 6.07) is 7.36. The van der Waals surface area contributed by atoms with Gasteiger partial charge in [-0.15, -0.1) is 0 Å². The number of aromatic nitrogens is 3. The van der Waals surface area contributed by atoms with Crippen LogP contribution in [0.25, 0.3) is 0 Å². The number of carbonyl (C=O) groups is 1. The molecule has 0 bridgehead atoms. The van der Waals surface area contributed by atoms with Crippen LogP contribution in [0, 0.1) is 6.92 Å². The van der Waals surface area contributed by atoms with E-state index in [1.54, 1.807) is 26.0 Å². The Labute approximate surface area is 231 Å². The Kier molecular flexibility index (Phi) is 7.86. The predicted molar refractivity (Wildman–Crippen MR) is 151 cm³/mol. The fourth-order valence-corrected chi connectivity index (χ4v) is 6.08. The number of benzene rings is 1. The minimum Gasteiger partial charge on any atom is -0.477 e. The molecule has 0 saturated carbocycles. The summed E-state index contributed by atoms with van der Waals surface area (Å²) >= 11 is 1.05. The average molecular weight is 574 g/mol. The first-order chi connectivity index (χ1) is 18.7. The lowest BCUT2D eigenvalue weighted by molar-refractivity contribution is 0.0701. The molecule has 3 N–H and O–H groups in total. The molecule has 0 spiro atoms. The predicted octanol–water partition coefficient (Wildman–Crippen LogP) is 3.23. The number of sulfonamides is 1. The van der Waals surface area contributed by atoms with Gasteiger partial charge in [-0.05, 0) is 44.4 Å². The van der Waals surface area contributed by atoms with Crippen LogP contribution in [-0.4, -0.2) is 73.0 Å². The number of morpholine rings is 1. The van der Waals surface area contributed by atoms with E-state index in [0.717, 1.165) is 66.6 Å². The fraction of sp³-hybridized carbons (Fsp3) is 0.440. The van der Waals surface area contributed by atoms with Gasteiger partial charge in [0, 0.05) is 37.4 Å². The van der Waals surface area contributed by atoms with Gasteiger partial charge < -0.3 is 19.6 Å². The number of carboxylic acids is 1. The molecule has 1 saturated heterocycles. The number of carboxylic acid groups (broad SMARTS) is 1. The Morgan fingerprint density at radius 3 is 2.49 bits per heavy atom. The summed E-state index contributed by atoms with van der Waals surface area (Å²) in [6.07, 6.45) is 1.79. The highest BCUT2D eigenvalue weighted by Gasteiger charge is 2.28. The standard InChI is InChI=1S/C25H31N7O5S2/c1-3-39(35,36)30-18-8-6-17(7-9-18)15-32-10-4-5-19-21(31-11-13-37-14-12-31)27-24(28-22(19)32)29-25-26-16(2)20(38-25)23(33)34/h6-9,30H,3-5,10-15H2,1-2H3,(H,33,34)(H,26,27,28,29). The molecule has 5 rings (SSSR count).